The largest absolute Gasteiger partial charge is 0.497 e. The summed E-state index contributed by atoms with van der Waals surface area (Å²) < 4.78 is 13.1. The Morgan fingerprint density at radius 1 is 1.08 bits per heavy atom. The van der Waals surface area contributed by atoms with E-state index in [1.54, 1.807) is 7.11 Å². The summed E-state index contributed by atoms with van der Waals surface area (Å²) in [4.78, 5) is 11.3. The van der Waals surface area contributed by atoms with Crippen molar-refractivity contribution < 1.29 is 14.3 Å². The van der Waals surface area contributed by atoms with Crippen molar-refractivity contribution in [3.05, 3.63) is 59.8 Å². The molecule has 0 bridgehead atoms. The normalized spacial score (nSPS) is 10.8. The van der Waals surface area contributed by atoms with Crippen molar-refractivity contribution in [2.75, 3.05) is 13.7 Å². The van der Waals surface area contributed by atoms with Crippen LogP contribution in [0.1, 0.15) is 22.3 Å². The molecule has 0 unspecified atom stereocenters. The van der Waals surface area contributed by atoms with Gasteiger partial charge in [-0.2, -0.15) is 0 Å². The molecule has 2 aromatic carbocycles. The number of aromatic nitrogens is 1. The van der Waals surface area contributed by atoms with Crippen LogP contribution in [0, 0.1) is 6.92 Å². The van der Waals surface area contributed by atoms with Crippen LogP contribution in [0.15, 0.2) is 48.7 Å². The Hall–Kier alpha value is -2.75. The number of carbonyl (C=O) groups is 1. The van der Waals surface area contributed by atoms with E-state index >= 15 is 0 Å². The first-order chi connectivity index (χ1) is 11.7. The molecule has 0 atom stereocenters. The van der Waals surface area contributed by atoms with E-state index < -0.39 is 0 Å². The van der Waals surface area contributed by atoms with E-state index in [1.165, 1.54) is 5.56 Å². The predicted octanol–water partition coefficient (Wildman–Crippen LogP) is 4.24. The molecule has 0 fully saturated rings. The maximum absolute atomic E-state index is 11.3. The van der Waals surface area contributed by atoms with Crippen molar-refractivity contribution in [3.63, 3.8) is 0 Å². The number of rotatable bonds is 7. The van der Waals surface area contributed by atoms with Crippen LogP contribution in [-0.2, 0) is 6.54 Å². The number of nitrogens with zero attached hydrogens (tertiary/aromatic N) is 1. The zero-order valence-electron chi connectivity index (χ0n) is 14.0. The van der Waals surface area contributed by atoms with Gasteiger partial charge in [-0.25, -0.2) is 0 Å². The van der Waals surface area contributed by atoms with Crippen molar-refractivity contribution in [2.24, 2.45) is 0 Å². The van der Waals surface area contributed by atoms with Crippen molar-refractivity contribution in [2.45, 2.75) is 19.9 Å². The summed E-state index contributed by atoms with van der Waals surface area (Å²) in [5, 5.41) is 0.920. The highest BCUT2D eigenvalue weighted by Gasteiger charge is 2.09. The van der Waals surface area contributed by atoms with Crippen LogP contribution in [0.4, 0.5) is 0 Å². The lowest BCUT2D eigenvalue weighted by atomic mass is 10.2. The van der Waals surface area contributed by atoms with Crippen LogP contribution in [-0.4, -0.2) is 24.6 Å². The van der Waals surface area contributed by atoms with Gasteiger partial charge in [-0.05, 0) is 43.7 Å². The maximum atomic E-state index is 11.3. The summed E-state index contributed by atoms with van der Waals surface area (Å²) in [5.41, 5.74) is 2.94. The van der Waals surface area contributed by atoms with E-state index in [0.717, 1.165) is 41.7 Å². The van der Waals surface area contributed by atoms with Gasteiger partial charge in [0.25, 0.3) is 0 Å². The smallest absolute Gasteiger partial charge is 0.152 e. The first-order valence-corrected chi connectivity index (χ1v) is 8.03. The lowest BCUT2D eigenvalue weighted by Gasteiger charge is -2.08. The standard InChI is InChI=1S/C20H21NO3/c1-15-4-6-17(7-5-15)24-11-3-10-21-13-16(14-22)19-12-18(23-2)8-9-20(19)21/h4-9,12-14H,3,10-11H2,1-2H3. The Balaban J connectivity index is 1.66. The molecule has 4 heteroatoms. The number of aryl methyl sites for hydroxylation is 2. The minimum absolute atomic E-state index is 0.634. The first kappa shape index (κ1) is 16.1. The fourth-order valence-corrected chi connectivity index (χ4v) is 2.77. The highest BCUT2D eigenvalue weighted by atomic mass is 16.5. The zero-order valence-corrected chi connectivity index (χ0v) is 14.0. The molecule has 0 aliphatic rings. The minimum Gasteiger partial charge on any atom is -0.497 e. The molecule has 0 N–H and O–H groups in total. The van der Waals surface area contributed by atoms with Gasteiger partial charge < -0.3 is 14.0 Å². The predicted molar refractivity (Wildman–Crippen MR) is 95.2 cm³/mol. The van der Waals surface area contributed by atoms with Gasteiger partial charge in [0.05, 0.1) is 13.7 Å². The summed E-state index contributed by atoms with van der Waals surface area (Å²) in [5.74, 6) is 1.64. The molecule has 124 valence electrons. The quantitative estimate of drug-likeness (QED) is 0.482. The molecule has 0 amide bonds. The molecule has 1 aromatic heterocycles. The summed E-state index contributed by atoms with van der Waals surface area (Å²) in [6, 6.07) is 13.8. The van der Waals surface area contributed by atoms with Crippen LogP contribution in [0.25, 0.3) is 10.9 Å². The molecule has 3 aromatic rings. The van der Waals surface area contributed by atoms with Crippen LogP contribution < -0.4 is 9.47 Å². The molecule has 0 saturated carbocycles. The van der Waals surface area contributed by atoms with E-state index in [4.69, 9.17) is 9.47 Å². The molecule has 3 rings (SSSR count). The number of benzene rings is 2. The molecule has 1 heterocycles. The SMILES string of the molecule is COc1ccc2c(c1)c(C=O)cn2CCCOc1ccc(C)cc1. The Bertz CT molecular complexity index is 834. The average Bonchev–Trinajstić information content (AvgIpc) is 2.97. The van der Waals surface area contributed by atoms with E-state index in [9.17, 15) is 4.79 Å². The molecular weight excluding hydrogens is 302 g/mol. The molecule has 24 heavy (non-hydrogen) atoms. The number of hydrogen-bond acceptors (Lipinski definition) is 3. The van der Waals surface area contributed by atoms with Gasteiger partial charge in [0, 0.05) is 29.2 Å². The van der Waals surface area contributed by atoms with E-state index in [1.807, 2.05) is 48.7 Å². The van der Waals surface area contributed by atoms with Gasteiger partial charge in [0.15, 0.2) is 6.29 Å². The second-order valence-electron chi connectivity index (χ2n) is 5.79. The molecule has 0 aliphatic carbocycles. The number of ether oxygens (including phenoxy) is 2. The number of hydrogen-bond donors (Lipinski definition) is 0. The van der Waals surface area contributed by atoms with Gasteiger partial charge in [0.1, 0.15) is 11.5 Å². The number of fused-ring (bicyclic) bond motifs is 1. The summed E-state index contributed by atoms with van der Waals surface area (Å²) in [6.45, 7) is 3.48. The highest BCUT2D eigenvalue weighted by molar-refractivity contribution is 5.98. The third-order valence-electron chi connectivity index (χ3n) is 4.08. The molecule has 0 saturated heterocycles. The zero-order chi connectivity index (χ0) is 16.9. The number of carbonyl (C=O) groups excluding carboxylic acids is 1. The molecule has 0 radical (unpaired) electrons. The summed E-state index contributed by atoms with van der Waals surface area (Å²) in [7, 11) is 1.63. The van der Waals surface area contributed by atoms with Gasteiger partial charge in [-0.1, -0.05) is 17.7 Å². The van der Waals surface area contributed by atoms with Crippen molar-refractivity contribution in [1.29, 1.82) is 0 Å². The van der Waals surface area contributed by atoms with Crippen molar-refractivity contribution in [3.8, 4) is 11.5 Å². The maximum Gasteiger partial charge on any atom is 0.152 e. The summed E-state index contributed by atoms with van der Waals surface area (Å²) in [6.07, 6.45) is 3.64. The fourth-order valence-electron chi connectivity index (χ4n) is 2.77. The Kier molecular flexibility index (Phi) is 4.85. The molecule has 0 aliphatic heterocycles. The van der Waals surface area contributed by atoms with Crippen LogP contribution >= 0.6 is 0 Å². The fraction of sp³-hybridized carbons (Fsp3) is 0.250. The third-order valence-corrected chi connectivity index (χ3v) is 4.08. The lowest BCUT2D eigenvalue weighted by molar-refractivity contribution is 0.112. The van der Waals surface area contributed by atoms with Crippen molar-refractivity contribution >= 4 is 17.2 Å². The van der Waals surface area contributed by atoms with E-state index in [0.29, 0.717) is 12.2 Å². The van der Waals surface area contributed by atoms with Gasteiger partial charge in [0.2, 0.25) is 0 Å². The summed E-state index contributed by atoms with van der Waals surface area (Å²) >= 11 is 0. The van der Waals surface area contributed by atoms with Gasteiger partial charge in [-0.3, -0.25) is 4.79 Å². The number of methoxy groups -OCH3 is 1. The van der Waals surface area contributed by atoms with Crippen LogP contribution in [0.3, 0.4) is 0 Å². The molecule has 0 spiro atoms. The average molecular weight is 323 g/mol. The monoisotopic (exact) mass is 323 g/mol. The third kappa shape index (κ3) is 3.43. The lowest BCUT2D eigenvalue weighted by Crippen LogP contribution is -2.03. The van der Waals surface area contributed by atoms with E-state index in [2.05, 4.69) is 11.5 Å². The van der Waals surface area contributed by atoms with Gasteiger partial charge >= 0.3 is 0 Å². The van der Waals surface area contributed by atoms with Crippen LogP contribution in [0.5, 0.6) is 11.5 Å². The Morgan fingerprint density at radius 2 is 1.83 bits per heavy atom. The Morgan fingerprint density at radius 3 is 2.54 bits per heavy atom. The second kappa shape index (κ2) is 7.21. The van der Waals surface area contributed by atoms with E-state index in [-0.39, 0.29) is 0 Å². The second-order valence-corrected chi connectivity index (χ2v) is 5.79. The minimum atomic E-state index is 0.634. The number of aldehydes is 1. The molecular formula is C20H21NO3. The molecule has 4 nitrogen and oxygen atoms in total. The van der Waals surface area contributed by atoms with Crippen LogP contribution in [0.2, 0.25) is 0 Å². The van der Waals surface area contributed by atoms with Gasteiger partial charge in [-0.15, -0.1) is 0 Å². The first-order valence-electron chi connectivity index (χ1n) is 8.03. The Labute approximate surface area is 141 Å². The highest BCUT2D eigenvalue weighted by Crippen LogP contribution is 2.25. The van der Waals surface area contributed by atoms with Crippen molar-refractivity contribution in [1.82, 2.24) is 4.57 Å². The topological polar surface area (TPSA) is 40.5 Å².